The van der Waals surface area contributed by atoms with Crippen molar-refractivity contribution in [3.63, 3.8) is 0 Å². The van der Waals surface area contributed by atoms with Crippen LogP contribution in [0.4, 0.5) is 0 Å². The summed E-state index contributed by atoms with van der Waals surface area (Å²) in [6, 6.07) is 5.38. The van der Waals surface area contributed by atoms with Crippen molar-refractivity contribution in [1.29, 1.82) is 0 Å². The highest BCUT2D eigenvalue weighted by Crippen LogP contribution is 2.23. The number of rotatable bonds is 7. The molecule has 1 aliphatic heterocycles. The summed E-state index contributed by atoms with van der Waals surface area (Å²) in [5.74, 6) is 0.277. The van der Waals surface area contributed by atoms with Gasteiger partial charge >= 0.3 is 0 Å². The van der Waals surface area contributed by atoms with Crippen molar-refractivity contribution in [3.8, 4) is 5.75 Å². The van der Waals surface area contributed by atoms with E-state index in [-0.39, 0.29) is 12.0 Å². The van der Waals surface area contributed by atoms with Crippen LogP contribution in [0.25, 0.3) is 0 Å². The number of amides is 1. The van der Waals surface area contributed by atoms with Crippen LogP contribution in [0, 0.1) is 0 Å². The van der Waals surface area contributed by atoms with Crippen LogP contribution >= 0.6 is 28.1 Å². The van der Waals surface area contributed by atoms with Crippen molar-refractivity contribution in [2.75, 3.05) is 19.8 Å². The zero-order chi connectivity index (χ0) is 17.4. The van der Waals surface area contributed by atoms with Crippen molar-refractivity contribution in [2.24, 2.45) is 0 Å². The van der Waals surface area contributed by atoms with E-state index in [1.165, 1.54) is 0 Å². The first-order chi connectivity index (χ1) is 11.6. The van der Waals surface area contributed by atoms with Gasteiger partial charge in [-0.3, -0.25) is 10.1 Å². The number of thiocarbonyl (C=S) groups is 1. The first-order valence-corrected chi connectivity index (χ1v) is 9.43. The highest BCUT2D eigenvalue weighted by molar-refractivity contribution is 9.10. The van der Waals surface area contributed by atoms with Gasteiger partial charge in [-0.1, -0.05) is 29.3 Å². The molecule has 7 heteroatoms. The lowest BCUT2D eigenvalue weighted by Gasteiger charge is -2.15. The zero-order valence-electron chi connectivity index (χ0n) is 13.8. The zero-order valence-corrected chi connectivity index (χ0v) is 16.2. The molecule has 1 aromatic rings. The largest absolute Gasteiger partial charge is 0.493 e. The van der Waals surface area contributed by atoms with Crippen LogP contribution in [0.5, 0.6) is 5.75 Å². The maximum absolute atomic E-state index is 12.5. The standard InChI is InChI=1S/C17H23BrN2O3S/c1-2-3-8-23-15-7-6-12(18)10-14(15)16(21)20-17(24)19-11-13-5-4-9-22-13/h6-7,10,13H,2-5,8-9,11H2,1H3,(H2,19,20,21,24). The first-order valence-electron chi connectivity index (χ1n) is 8.23. The summed E-state index contributed by atoms with van der Waals surface area (Å²) in [6.07, 6.45) is 4.24. The molecule has 1 atom stereocenters. The summed E-state index contributed by atoms with van der Waals surface area (Å²) < 4.78 is 12.0. The van der Waals surface area contributed by atoms with Crippen molar-refractivity contribution >= 4 is 39.2 Å². The summed E-state index contributed by atoms with van der Waals surface area (Å²) >= 11 is 8.58. The molecule has 2 N–H and O–H groups in total. The minimum Gasteiger partial charge on any atom is -0.493 e. The Bertz CT molecular complexity index is 577. The maximum atomic E-state index is 12.5. The molecule has 1 aromatic carbocycles. The Hall–Kier alpha value is -1.18. The number of hydrogen-bond acceptors (Lipinski definition) is 4. The molecular weight excluding hydrogens is 392 g/mol. The molecule has 24 heavy (non-hydrogen) atoms. The van der Waals surface area contributed by atoms with E-state index in [4.69, 9.17) is 21.7 Å². The van der Waals surface area contributed by atoms with Gasteiger partial charge in [0.15, 0.2) is 5.11 Å². The van der Waals surface area contributed by atoms with Gasteiger partial charge < -0.3 is 14.8 Å². The fourth-order valence-electron chi connectivity index (χ4n) is 2.36. The van der Waals surface area contributed by atoms with Crippen molar-refractivity contribution in [3.05, 3.63) is 28.2 Å². The fourth-order valence-corrected chi connectivity index (χ4v) is 2.90. The van der Waals surface area contributed by atoms with Gasteiger partial charge in [-0.2, -0.15) is 0 Å². The monoisotopic (exact) mass is 414 g/mol. The number of benzene rings is 1. The molecule has 1 fully saturated rings. The smallest absolute Gasteiger partial charge is 0.261 e. The van der Waals surface area contributed by atoms with Gasteiger partial charge in [0.05, 0.1) is 18.3 Å². The van der Waals surface area contributed by atoms with Crippen LogP contribution in [-0.2, 0) is 4.74 Å². The van der Waals surface area contributed by atoms with Crippen LogP contribution in [0.1, 0.15) is 43.0 Å². The lowest BCUT2D eigenvalue weighted by molar-refractivity contribution is 0.0969. The average molecular weight is 415 g/mol. The molecule has 0 saturated carbocycles. The topological polar surface area (TPSA) is 59.6 Å². The Morgan fingerprint density at radius 1 is 1.50 bits per heavy atom. The first kappa shape index (κ1) is 19.1. The van der Waals surface area contributed by atoms with Crippen molar-refractivity contribution < 1.29 is 14.3 Å². The Balaban J connectivity index is 1.91. The highest BCUT2D eigenvalue weighted by Gasteiger charge is 2.17. The number of nitrogens with one attached hydrogen (secondary N) is 2. The summed E-state index contributed by atoms with van der Waals surface area (Å²) in [5, 5.41) is 6.04. The SMILES string of the molecule is CCCCOc1ccc(Br)cc1C(=O)NC(=S)NCC1CCCO1. The van der Waals surface area contributed by atoms with E-state index in [0.717, 1.165) is 36.8 Å². The van der Waals surface area contributed by atoms with E-state index in [1.54, 1.807) is 12.1 Å². The third-order valence-corrected chi connectivity index (χ3v) is 4.42. The van der Waals surface area contributed by atoms with Gasteiger partial charge in [0.25, 0.3) is 5.91 Å². The van der Waals surface area contributed by atoms with Gasteiger partial charge in [-0.05, 0) is 49.7 Å². The number of halogens is 1. The minimum absolute atomic E-state index is 0.165. The predicted octanol–water partition coefficient (Wildman–Crippen LogP) is 3.41. The van der Waals surface area contributed by atoms with Gasteiger partial charge in [0.1, 0.15) is 5.75 Å². The van der Waals surface area contributed by atoms with E-state index >= 15 is 0 Å². The van der Waals surface area contributed by atoms with Crippen LogP contribution in [0.2, 0.25) is 0 Å². The molecule has 1 heterocycles. The molecule has 0 bridgehead atoms. The summed E-state index contributed by atoms with van der Waals surface area (Å²) in [7, 11) is 0. The van der Waals surface area contributed by atoms with E-state index in [2.05, 4.69) is 33.5 Å². The Morgan fingerprint density at radius 2 is 2.33 bits per heavy atom. The molecule has 5 nitrogen and oxygen atoms in total. The van der Waals surface area contributed by atoms with Crippen LogP contribution < -0.4 is 15.4 Å². The second-order valence-electron chi connectivity index (χ2n) is 5.64. The van der Waals surface area contributed by atoms with Gasteiger partial charge in [0.2, 0.25) is 0 Å². The molecule has 0 spiro atoms. The predicted molar refractivity (Wildman–Crippen MR) is 102 cm³/mol. The number of carbonyl (C=O) groups is 1. The lowest BCUT2D eigenvalue weighted by atomic mass is 10.2. The van der Waals surface area contributed by atoms with Gasteiger partial charge in [-0.25, -0.2) is 0 Å². The average Bonchev–Trinajstić information content (AvgIpc) is 3.08. The third kappa shape index (κ3) is 6.03. The number of hydrogen-bond donors (Lipinski definition) is 2. The van der Waals surface area contributed by atoms with Gasteiger partial charge in [-0.15, -0.1) is 0 Å². The third-order valence-electron chi connectivity index (χ3n) is 3.68. The molecule has 1 amide bonds. The molecular formula is C17H23BrN2O3S. The molecule has 1 unspecified atom stereocenters. The number of ether oxygens (including phenoxy) is 2. The summed E-state index contributed by atoms with van der Waals surface area (Å²) in [5.41, 5.74) is 0.460. The number of unbranched alkanes of at least 4 members (excludes halogenated alkanes) is 1. The summed E-state index contributed by atoms with van der Waals surface area (Å²) in [4.78, 5) is 12.5. The van der Waals surface area contributed by atoms with Crippen molar-refractivity contribution in [2.45, 2.75) is 38.7 Å². The molecule has 1 aliphatic rings. The Kier molecular flexibility index (Phi) is 7.94. The Labute approximate surface area is 156 Å². The van der Waals surface area contributed by atoms with Crippen LogP contribution in [-0.4, -0.2) is 36.9 Å². The van der Waals surface area contributed by atoms with E-state index < -0.39 is 0 Å². The lowest BCUT2D eigenvalue weighted by Crippen LogP contribution is -2.42. The van der Waals surface area contributed by atoms with E-state index in [0.29, 0.717) is 29.6 Å². The molecule has 2 rings (SSSR count). The second kappa shape index (κ2) is 9.96. The molecule has 0 aromatic heterocycles. The highest BCUT2D eigenvalue weighted by atomic mass is 79.9. The second-order valence-corrected chi connectivity index (χ2v) is 6.97. The fraction of sp³-hybridized carbons (Fsp3) is 0.529. The Morgan fingerprint density at radius 3 is 3.04 bits per heavy atom. The minimum atomic E-state index is -0.285. The van der Waals surface area contributed by atoms with Gasteiger partial charge in [0, 0.05) is 17.6 Å². The normalized spacial score (nSPS) is 16.7. The van der Waals surface area contributed by atoms with Crippen LogP contribution in [0.15, 0.2) is 22.7 Å². The van der Waals surface area contributed by atoms with Crippen molar-refractivity contribution in [1.82, 2.24) is 10.6 Å². The number of carbonyl (C=O) groups excluding carboxylic acids is 1. The molecule has 1 saturated heterocycles. The molecule has 0 radical (unpaired) electrons. The summed E-state index contributed by atoms with van der Waals surface area (Å²) in [6.45, 7) is 4.08. The van der Waals surface area contributed by atoms with E-state index in [1.807, 2.05) is 6.07 Å². The molecule has 0 aliphatic carbocycles. The molecule has 132 valence electrons. The van der Waals surface area contributed by atoms with E-state index in [9.17, 15) is 4.79 Å². The quantitative estimate of drug-likeness (QED) is 0.528. The maximum Gasteiger partial charge on any atom is 0.261 e. The van der Waals surface area contributed by atoms with Crippen LogP contribution in [0.3, 0.4) is 0 Å².